The summed E-state index contributed by atoms with van der Waals surface area (Å²) >= 11 is 1.60. The monoisotopic (exact) mass is 287 g/mol. The van der Waals surface area contributed by atoms with Crippen LogP contribution in [-0.2, 0) is 12.8 Å². The molecule has 0 spiro atoms. The van der Waals surface area contributed by atoms with Gasteiger partial charge in [-0.3, -0.25) is 0 Å². The van der Waals surface area contributed by atoms with E-state index in [0.29, 0.717) is 5.56 Å². The lowest BCUT2D eigenvalue weighted by Gasteiger charge is -2.13. The minimum atomic E-state index is -0.298. The molecule has 3 heteroatoms. The molecule has 2 aromatic carbocycles. The number of rotatable bonds is 3. The van der Waals surface area contributed by atoms with E-state index in [1.807, 2.05) is 13.0 Å². The first kappa shape index (κ1) is 13.7. The van der Waals surface area contributed by atoms with Gasteiger partial charge in [0.05, 0.1) is 0 Å². The second-order valence-corrected chi connectivity index (χ2v) is 6.44. The molecule has 0 heterocycles. The Morgan fingerprint density at radius 1 is 1.15 bits per heavy atom. The Bertz CT molecular complexity index is 637. The molecule has 2 N–H and O–H groups in total. The van der Waals surface area contributed by atoms with Gasteiger partial charge in [0.25, 0.3) is 0 Å². The summed E-state index contributed by atoms with van der Waals surface area (Å²) in [6.45, 7) is 1.82. The van der Waals surface area contributed by atoms with Crippen molar-refractivity contribution in [3.8, 4) is 0 Å². The fourth-order valence-corrected chi connectivity index (χ4v) is 3.92. The molecule has 104 valence electrons. The standard InChI is InChI=1S/C17H18FNS/c1-11(19)17-15(18)6-3-7-16(17)20-14-9-8-12-4-2-5-13(12)10-14/h3,6-11H,2,4-5,19H2,1H3/t11-/m0/s1. The predicted molar refractivity (Wildman–Crippen MR) is 81.6 cm³/mol. The Balaban J connectivity index is 1.93. The van der Waals surface area contributed by atoms with Crippen LogP contribution >= 0.6 is 11.8 Å². The van der Waals surface area contributed by atoms with Gasteiger partial charge < -0.3 is 5.73 Å². The van der Waals surface area contributed by atoms with E-state index in [-0.39, 0.29) is 11.9 Å². The van der Waals surface area contributed by atoms with E-state index < -0.39 is 0 Å². The normalized spacial score (nSPS) is 15.2. The Labute approximate surface area is 123 Å². The summed E-state index contributed by atoms with van der Waals surface area (Å²) in [5.41, 5.74) is 9.41. The fraction of sp³-hybridized carbons (Fsp3) is 0.294. The quantitative estimate of drug-likeness (QED) is 0.900. The van der Waals surface area contributed by atoms with Crippen molar-refractivity contribution in [3.05, 3.63) is 58.9 Å². The molecule has 0 fully saturated rings. The SMILES string of the molecule is C[C@H](N)c1c(F)cccc1Sc1ccc2c(c1)CCC2. The summed E-state index contributed by atoms with van der Waals surface area (Å²) in [6.07, 6.45) is 3.59. The van der Waals surface area contributed by atoms with Crippen molar-refractivity contribution in [1.82, 2.24) is 0 Å². The van der Waals surface area contributed by atoms with Gasteiger partial charge in [0, 0.05) is 21.4 Å². The molecule has 0 saturated carbocycles. The molecule has 2 aromatic rings. The molecule has 1 nitrogen and oxygen atoms in total. The molecular weight excluding hydrogens is 269 g/mol. The summed E-state index contributed by atoms with van der Waals surface area (Å²) in [5, 5.41) is 0. The molecule has 1 aliphatic carbocycles. The predicted octanol–water partition coefficient (Wildman–Crippen LogP) is 4.49. The molecule has 0 unspecified atom stereocenters. The number of hydrogen-bond acceptors (Lipinski definition) is 2. The summed E-state index contributed by atoms with van der Waals surface area (Å²) in [7, 11) is 0. The van der Waals surface area contributed by atoms with Gasteiger partial charge in [0.2, 0.25) is 0 Å². The van der Waals surface area contributed by atoms with E-state index in [4.69, 9.17) is 5.73 Å². The first-order chi connectivity index (χ1) is 9.65. The summed E-state index contributed by atoms with van der Waals surface area (Å²) in [5.74, 6) is -0.217. The van der Waals surface area contributed by atoms with Crippen molar-refractivity contribution in [3.63, 3.8) is 0 Å². The van der Waals surface area contributed by atoms with Crippen LogP contribution in [0.2, 0.25) is 0 Å². The first-order valence-corrected chi connectivity index (χ1v) is 7.80. The topological polar surface area (TPSA) is 26.0 Å². The van der Waals surface area contributed by atoms with Crippen LogP contribution in [0.4, 0.5) is 4.39 Å². The van der Waals surface area contributed by atoms with E-state index in [2.05, 4.69) is 18.2 Å². The Kier molecular flexibility index (Phi) is 3.81. The van der Waals surface area contributed by atoms with Crippen LogP contribution in [0.5, 0.6) is 0 Å². The van der Waals surface area contributed by atoms with Gasteiger partial charge in [-0.1, -0.05) is 23.9 Å². The van der Waals surface area contributed by atoms with Crippen LogP contribution in [-0.4, -0.2) is 0 Å². The highest BCUT2D eigenvalue weighted by Crippen LogP contribution is 2.36. The van der Waals surface area contributed by atoms with Gasteiger partial charge in [-0.25, -0.2) is 4.39 Å². The minimum absolute atomic E-state index is 0.217. The summed E-state index contributed by atoms with van der Waals surface area (Å²) < 4.78 is 13.9. The maximum absolute atomic E-state index is 13.9. The smallest absolute Gasteiger partial charge is 0.129 e. The highest BCUT2D eigenvalue weighted by atomic mass is 32.2. The highest BCUT2D eigenvalue weighted by molar-refractivity contribution is 7.99. The fourth-order valence-electron chi connectivity index (χ4n) is 2.79. The molecule has 20 heavy (non-hydrogen) atoms. The third-order valence-corrected chi connectivity index (χ3v) is 4.83. The zero-order valence-corrected chi connectivity index (χ0v) is 12.3. The van der Waals surface area contributed by atoms with Crippen LogP contribution in [0.25, 0.3) is 0 Å². The number of aryl methyl sites for hydroxylation is 2. The summed E-state index contributed by atoms with van der Waals surface area (Å²) in [6, 6.07) is 11.4. The molecule has 1 atom stereocenters. The maximum Gasteiger partial charge on any atom is 0.129 e. The zero-order valence-electron chi connectivity index (χ0n) is 11.5. The van der Waals surface area contributed by atoms with Crippen molar-refractivity contribution >= 4 is 11.8 Å². The number of benzene rings is 2. The van der Waals surface area contributed by atoms with Gasteiger partial charge in [0.15, 0.2) is 0 Å². The van der Waals surface area contributed by atoms with Crippen molar-refractivity contribution in [2.24, 2.45) is 5.73 Å². The van der Waals surface area contributed by atoms with E-state index in [9.17, 15) is 4.39 Å². The van der Waals surface area contributed by atoms with Crippen molar-refractivity contribution < 1.29 is 4.39 Å². The van der Waals surface area contributed by atoms with Crippen LogP contribution in [0.1, 0.15) is 36.1 Å². The maximum atomic E-state index is 13.9. The Morgan fingerprint density at radius 3 is 2.75 bits per heavy atom. The van der Waals surface area contributed by atoms with E-state index >= 15 is 0 Å². The van der Waals surface area contributed by atoms with Gasteiger partial charge >= 0.3 is 0 Å². The Morgan fingerprint density at radius 2 is 1.95 bits per heavy atom. The molecule has 0 amide bonds. The van der Waals surface area contributed by atoms with Crippen molar-refractivity contribution in [2.75, 3.05) is 0 Å². The lowest BCUT2D eigenvalue weighted by Crippen LogP contribution is -2.08. The second kappa shape index (κ2) is 5.58. The highest BCUT2D eigenvalue weighted by Gasteiger charge is 2.15. The van der Waals surface area contributed by atoms with Crippen LogP contribution in [0.3, 0.4) is 0 Å². The molecule has 0 radical (unpaired) electrons. The van der Waals surface area contributed by atoms with Gasteiger partial charge in [0.1, 0.15) is 5.82 Å². The third kappa shape index (κ3) is 2.60. The largest absolute Gasteiger partial charge is 0.324 e. The number of nitrogens with two attached hydrogens (primary N) is 1. The molecule has 0 saturated heterocycles. The molecule has 0 aromatic heterocycles. The van der Waals surface area contributed by atoms with Gasteiger partial charge in [-0.15, -0.1) is 0 Å². The number of hydrogen-bond donors (Lipinski definition) is 1. The van der Waals surface area contributed by atoms with Crippen LogP contribution in [0, 0.1) is 5.82 Å². The molecule has 0 bridgehead atoms. The average Bonchev–Trinajstić information content (AvgIpc) is 2.85. The first-order valence-electron chi connectivity index (χ1n) is 6.99. The third-order valence-electron chi connectivity index (χ3n) is 3.77. The van der Waals surface area contributed by atoms with E-state index in [1.54, 1.807) is 17.8 Å². The van der Waals surface area contributed by atoms with Crippen molar-refractivity contribution in [2.45, 2.75) is 42.0 Å². The van der Waals surface area contributed by atoms with E-state index in [0.717, 1.165) is 16.2 Å². The second-order valence-electron chi connectivity index (χ2n) is 5.33. The van der Waals surface area contributed by atoms with Crippen LogP contribution in [0.15, 0.2) is 46.2 Å². The minimum Gasteiger partial charge on any atom is -0.324 e. The van der Waals surface area contributed by atoms with E-state index in [1.165, 1.54) is 30.0 Å². The zero-order chi connectivity index (χ0) is 14.1. The Hall–Kier alpha value is -1.32. The molecule has 1 aliphatic rings. The lowest BCUT2D eigenvalue weighted by atomic mass is 10.1. The number of halogens is 1. The average molecular weight is 287 g/mol. The van der Waals surface area contributed by atoms with Gasteiger partial charge in [-0.2, -0.15) is 0 Å². The van der Waals surface area contributed by atoms with Crippen molar-refractivity contribution in [1.29, 1.82) is 0 Å². The lowest BCUT2D eigenvalue weighted by molar-refractivity contribution is 0.585. The van der Waals surface area contributed by atoms with Crippen LogP contribution < -0.4 is 5.73 Å². The molecular formula is C17H18FNS. The molecule has 0 aliphatic heterocycles. The van der Waals surface area contributed by atoms with Gasteiger partial charge in [-0.05, 0) is 61.6 Å². The molecule has 3 rings (SSSR count). The summed E-state index contributed by atoms with van der Waals surface area (Å²) in [4.78, 5) is 2.08. The number of fused-ring (bicyclic) bond motifs is 1.